The molecule has 0 spiro atoms. The number of aromatic nitrogens is 3. The van der Waals surface area contributed by atoms with Gasteiger partial charge >= 0.3 is 6.03 Å². The van der Waals surface area contributed by atoms with Crippen LogP contribution in [0.25, 0.3) is 0 Å². The van der Waals surface area contributed by atoms with E-state index >= 15 is 0 Å². The van der Waals surface area contributed by atoms with Crippen molar-refractivity contribution < 1.29 is 4.79 Å². The fourth-order valence-corrected chi connectivity index (χ4v) is 2.48. The third kappa shape index (κ3) is 3.03. The van der Waals surface area contributed by atoms with E-state index in [9.17, 15) is 4.79 Å². The highest BCUT2D eigenvalue weighted by Gasteiger charge is 2.35. The molecular weight excluding hydrogens is 318 g/mol. The number of hydrogen-bond donors (Lipinski definition) is 2. The number of nitrogens with one attached hydrogen (secondary N) is 2. The lowest BCUT2D eigenvalue weighted by atomic mass is 10.3. The Morgan fingerprint density at radius 1 is 0.720 bits per heavy atom. The van der Waals surface area contributed by atoms with Gasteiger partial charge in [-0.3, -0.25) is 4.98 Å². The fourth-order valence-electron chi connectivity index (χ4n) is 2.48. The van der Waals surface area contributed by atoms with E-state index in [2.05, 4.69) is 25.8 Å². The van der Waals surface area contributed by atoms with Gasteiger partial charge in [0.15, 0.2) is 11.6 Å². The smallest absolute Gasteiger partial charge is 0.258 e. The normalized spacial score (nSPS) is 15.4. The highest BCUT2D eigenvalue weighted by atomic mass is 16.2. The molecule has 2 amide bonds. The van der Waals surface area contributed by atoms with Crippen LogP contribution in [0.15, 0.2) is 73.2 Å². The second-order valence-electron chi connectivity index (χ2n) is 5.28. The summed E-state index contributed by atoms with van der Waals surface area (Å²) in [6, 6.07) is 16.0. The van der Waals surface area contributed by atoms with Gasteiger partial charge in [-0.25, -0.2) is 24.8 Å². The van der Waals surface area contributed by atoms with Gasteiger partial charge in [0.25, 0.3) is 0 Å². The molecule has 124 valence electrons. The Kier molecular flexibility index (Phi) is 4.03. The second-order valence-corrected chi connectivity index (χ2v) is 5.28. The molecule has 0 aromatic carbocycles. The summed E-state index contributed by atoms with van der Waals surface area (Å²) in [5.74, 6) is 0.965. The van der Waals surface area contributed by atoms with Crippen molar-refractivity contribution in [3.63, 3.8) is 0 Å². The minimum absolute atomic E-state index is 0.343. The third-order valence-electron chi connectivity index (χ3n) is 3.64. The zero-order valence-electron chi connectivity index (χ0n) is 13.1. The molecule has 25 heavy (non-hydrogen) atoms. The molecule has 1 aliphatic rings. The van der Waals surface area contributed by atoms with Gasteiger partial charge in [-0.2, -0.15) is 10.9 Å². The minimum atomic E-state index is -0.428. The van der Waals surface area contributed by atoms with E-state index < -0.39 is 6.17 Å². The van der Waals surface area contributed by atoms with Crippen molar-refractivity contribution in [3.8, 4) is 0 Å². The lowest BCUT2D eigenvalue weighted by Gasteiger charge is -2.39. The highest BCUT2D eigenvalue weighted by molar-refractivity contribution is 6.01. The number of hydrogen-bond acceptors (Lipinski definition) is 6. The summed E-state index contributed by atoms with van der Waals surface area (Å²) in [5, 5.41) is 2.76. The van der Waals surface area contributed by atoms with Crippen LogP contribution in [0, 0.1) is 0 Å². The summed E-state index contributed by atoms with van der Waals surface area (Å²) in [4.78, 5) is 25.8. The average molecular weight is 333 g/mol. The van der Waals surface area contributed by atoms with Gasteiger partial charge < -0.3 is 0 Å². The van der Waals surface area contributed by atoms with Crippen LogP contribution in [0.1, 0.15) is 11.9 Å². The van der Waals surface area contributed by atoms with Gasteiger partial charge in [0.05, 0.1) is 5.69 Å². The predicted octanol–water partition coefficient (Wildman–Crippen LogP) is 2.03. The number of anilines is 2. The first kappa shape index (κ1) is 15.2. The maximum Gasteiger partial charge on any atom is 0.361 e. The van der Waals surface area contributed by atoms with Crippen LogP contribution < -0.4 is 20.9 Å². The maximum atomic E-state index is 12.9. The Balaban J connectivity index is 1.73. The molecule has 4 heterocycles. The summed E-state index contributed by atoms with van der Waals surface area (Å²) in [6.45, 7) is 0. The van der Waals surface area contributed by atoms with Crippen LogP contribution in [0.3, 0.4) is 0 Å². The maximum absolute atomic E-state index is 12.9. The Morgan fingerprint density at radius 2 is 1.24 bits per heavy atom. The monoisotopic (exact) mass is 333 g/mol. The standard InChI is InChI=1S/C17H15N7O/c25-17-23(14-8-2-5-11-19-14)21-16(13-7-1-4-10-18-13)22-24(17)15-9-3-6-12-20-15/h1-12,16,21-22H. The molecule has 1 aliphatic heterocycles. The molecule has 2 N–H and O–H groups in total. The summed E-state index contributed by atoms with van der Waals surface area (Å²) in [6.07, 6.45) is 4.54. The van der Waals surface area contributed by atoms with Crippen molar-refractivity contribution in [2.75, 3.05) is 10.0 Å². The van der Waals surface area contributed by atoms with E-state index in [0.717, 1.165) is 5.69 Å². The molecule has 0 atom stereocenters. The van der Waals surface area contributed by atoms with E-state index in [1.807, 2.05) is 30.3 Å². The van der Waals surface area contributed by atoms with Gasteiger partial charge in [-0.05, 0) is 36.4 Å². The van der Waals surface area contributed by atoms with Crippen molar-refractivity contribution >= 4 is 17.7 Å². The Hall–Kier alpha value is -3.36. The quantitative estimate of drug-likeness (QED) is 0.763. The molecule has 3 aromatic rings. The number of carbonyl (C=O) groups excluding carboxylic acids is 1. The molecular formula is C17H15N7O. The van der Waals surface area contributed by atoms with Crippen LogP contribution >= 0.6 is 0 Å². The number of hydrazine groups is 2. The second kappa shape index (κ2) is 6.63. The summed E-state index contributed by atoms with van der Waals surface area (Å²) < 4.78 is 0. The van der Waals surface area contributed by atoms with Crippen molar-refractivity contribution in [2.24, 2.45) is 0 Å². The number of urea groups is 1. The first-order chi connectivity index (χ1) is 12.3. The lowest BCUT2D eigenvalue weighted by molar-refractivity contribution is 0.229. The molecule has 0 bridgehead atoms. The molecule has 8 heteroatoms. The molecule has 0 aliphatic carbocycles. The van der Waals surface area contributed by atoms with Crippen molar-refractivity contribution in [1.29, 1.82) is 0 Å². The summed E-state index contributed by atoms with van der Waals surface area (Å²) in [7, 11) is 0. The number of carbonyl (C=O) groups is 1. The summed E-state index contributed by atoms with van der Waals surface area (Å²) >= 11 is 0. The van der Waals surface area contributed by atoms with Crippen LogP contribution in [0.5, 0.6) is 0 Å². The van der Waals surface area contributed by atoms with Gasteiger partial charge in [0, 0.05) is 18.6 Å². The number of pyridine rings is 3. The van der Waals surface area contributed by atoms with Crippen molar-refractivity contribution in [3.05, 3.63) is 78.9 Å². The highest BCUT2D eigenvalue weighted by Crippen LogP contribution is 2.22. The number of amides is 2. The topological polar surface area (TPSA) is 86.3 Å². The van der Waals surface area contributed by atoms with E-state index in [0.29, 0.717) is 11.6 Å². The third-order valence-corrected chi connectivity index (χ3v) is 3.64. The van der Waals surface area contributed by atoms with E-state index in [1.165, 1.54) is 10.0 Å². The zero-order valence-corrected chi connectivity index (χ0v) is 13.1. The Morgan fingerprint density at radius 3 is 1.68 bits per heavy atom. The fraction of sp³-hybridized carbons (Fsp3) is 0.0588. The minimum Gasteiger partial charge on any atom is -0.258 e. The molecule has 0 radical (unpaired) electrons. The molecule has 1 saturated heterocycles. The molecule has 1 fully saturated rings. The van der Waals surface area contributed by atoms with Gasteiger partial charge in [0.1, 0.15) is 6.17 Å². The predicted molar refractivity (Wildman–Crippen MR) is 92.1 cm³/mol. The van der Waals surface area contributed by atoms with E-state index in [4.69, 9.17) is 0 Å². The average Bonchev–Trinajstić information content (AvgIpc) is 2.70. The molecule has 3 aromatic heterocycles. The first-order valence-corrected chi connectivity index (χ1v) is 7.72. The molecule has 0 saturated carbocycles. The van der Waals surface area contributed by atoms with Crippen molar-refractivity contribution in [2.45, 2.75) is 6.17 Å². The summed E-state index contributed by atoms with van der Waals surface area (Å²) in [5.41, 5.74) is 6.96. The van der Waals surface area contributed by atoms with Crippen LogP contribution in [-0.4, -0.2) is 21.0 Å². The lowest BCUT2D eigenvalue weighted by Crippen LogP contribution is -2.66. The molecule has 4 rings (SSSR count). The van der Waals surface area contributed by atoms with Gasteiger partial charge in [-0.15, -0.1) is 0 Å². The Labute approximate surface area is 144 Å². The van der Waals surface area contributed by atoms with Crippen LogP contribution in [0.4, 0.5) is 16.4 Å². The van der Waals surface area contributed by atoms with Gasteiger partial charge in [-0.1, -0.05) is 18.2 Å². The first-order valence-electron chi connectivity index (χ1n) is 7.72. The largest absolute Gasteiger partial charge is 0.361 e. The van der Waals surface area contributed by atoms with Crippen LogP contribution in [-0.2, 0) is 0 Å². The van der Waals surface area contributed by atoms with E-state index in [1.54, 1.807) is 42.9 Å². The Bertz CT molecular complexity index is 793. The zero-order chi connectivity index (χ0) is 17.1. The van der Waals surface area contributed by atoms with E-state index in [-0.39, 0.29) is 6.03 Å². The van der Waals surface area contributed by atoms with Crippen LogP contribution in [0.2, 0.25) is 0 Å². The van der Waals surface area contributed by atoms with Gasteiger partial charge in [0.2, 0.25) is 0 Å². The molecule has 0 unspecified atom stereocenters. The van der Waals surface area contributed by atoms with Crippen molar-refractivity contribution in [1.82, 2.24) is 25.8 Å². The number of nitrogens with zero attached hydrogens (tertiary/aromatic N) is 5. The number of rotatable bonds is 3. The molecule has 8 nitrogen and oxygen atoms in total. The SMILES string of the molecule is O=C1N(c2ccccn2)NC(c2ccccn2)NN1c1ccccn1.